The Balaban J connectivity index is 1.72. The third kappa shape index (κ3) is 3.25. The van der Waals surface area contributed by atoms with E-state index in [4.69, 9.17) is 9.47 Å². The molecule has 0 saturated heterocycles. The van der Waals surface area contributed by atoms with Crippen LogP contribution in [0.5, 0.6) is 11.5 Å². The SMILES string of the molecule is C[C@@H](Sc1ccc2c(c1)OCCO2)C(=O)c1ccc(F)cc1. The molecule has 3 nitrogen and oxygen atoms in total. The quantitative estimate of drug-likeness (QED) is 0.631. The zero-order valence-electron chi connectivity index (χ0n) is 12.0. The fourth-order valence-electron chi connectivity index (χ4n) is 2.20. The number of rotatable bonds is 4. The normalized spacial score (nSPS) is 14.5. The highest BCUT2D eigenvalue weighted by Gasteiger charge is 2.18. The predicted molar refractivity (Wildman–Crippen MR) is 83.5 cm³/mol. The molecule has 2 aromatic carbocycles. The highest BCUT2D eigenvalue weighted by Crippen LogP contribution is 2.36. The Labute approximate surface area is 132 Å². The summed E-state index contributed by atoms with van der Waals surface area (Å²) in [5, 5.41) is -0.270. The lowest BCUT2D eigenvalue weighted by Crippen LogP contribution is -2.16. The van der Waals surface area contributed by atoms with Crippen molar-refractivity contribution in [3.05, 3.63) is 53.8 Å². The van der Waals surface area contributed by atoms with Crippen molar-refractivity contribution in [3.8, 4) is 11.5 Å². The minimum atomic E-state index is -0.344. The van der Waals surface area contributed by atoms with E-state index in [1.54, 1.807) is 0 Å². The number of ketones is 1. The number of thioether (sulfide) groups is 1. The number of hydrogen-bond acceptors (Lipinski definition) is 4. The Morgan fingerprint density at radius 3 is 2.50 bits per heavy atom. The average molecular weight is 318 g/mol. The first kappa shape index (κ1) is 14.9. The second-order valence-corrected chi connectivity index (χ2v) is 6.35. The van der Waals surface area contributed by atoms with E-state index in [-0.39, 0.29) is 16.9 Å². The third-order valence-electron chi connectivity index (χ3n) is 3.32. The maximum absolute atomic E-state index is 12.9. The van der Waals surface area contributed by atoms with Gasteiger partial charge in [-0.1, -0.05) is 0 Å². The molecule has 1 aliphatic rings. The van der Waals surface area contributed by atoms with Gasteiger partial charge in [-0.2, -0.15) is 0 Å². The van der Waals surface area contributed by atoms with Gasteiger partial charge in [0.05, 0.1) is 5.25 Å². The smallest absolute Gasteiger partial charge is 0.175 e. The van der Waals surface area contributed by atoms with Gasteiger partial charge >= 0.3 is 0 Å². The van der Waals surface area contributed by atoms with Crippen LogP contribution in [0.1, 0.15) is 17.3 Å². The topological polar surface area (TPSA) is 35.5 Å². The Kier molecular flexibility index (Phi) is 4.34. The molecule has 2 aromatic rings. The Morgan fingerprint density at radius 2 is 1.77 bits per heavy atom. The van der Waals surface area contributed by atoms with Crippen LogP contribution in [0.25, 0.3) is 0 Å². The number of ether oxygens (including phenoxy) is 2. The maximum atomic E-state index is 12.9. The fraction of sp³-hybridized carbons (Fsp3) is 0.235. The molecule has 114 valence electrons. The van der Waals surface area contributed by atoms with E-state index in [0.717, 1.165) is 10.6 Å². The van der Waals surface area contributed by atoms with Crippen molar-refractivity contribution in [2.75, 3.05) is 13.2 Å². The molecule has 0 N–H and O–H groups in total. The summed E-state index contributed by atoms with van der Waals surface area (Å²) in [6, 6.07) is 11.3. The molecule has 0 aromatic heterocycles. The second kappa shape index (κ2) is 6.40. The molecule has 0 aliphatic carbocycles. The van der Waals surface area contributed by atoms with E-state index in [2.05, 4.69) is 0 Å². The lowest BCUT2D eigenvalue weighted by Gasteiger charge is -2.19. The summed E-state index contributed by atoms with van der Waals surface area (Å²) >= 11 is 1.44. The summed E-state index contributed by atoms with van der Waals surface area (Å²) < 4.78 is 23.9. The number of hydrogen-bond donors (Lipinski definition) is 0. The van der Waals surface area contributed by atoms with Crippen LogP contribution in [0.15, 0.2) is 47.4 Å². The zero-order chi connectivity index (χ0) is 15.5. The van der Waals surface area contributed by atoms with Crippen LogP contribution in [-0.2, 0) is 0 Å². The number of Topliss-reactive ketones (excluding diaryl/α,β-unsaturated/α-hetero) is 1. The summed E-state index contributed by atoms with van der Waals surface area (Å²) in [5.74, 6) is 1.06. The summed E-state index contributed by atoms with van der Waals surface area (Å²) in [4.78, 5) is 13.3. The van der Waals surface area contributed by atoms with Gasteiger partial charge in [-0.3, -0.25) is 4.79 Å². The Bertz CT molecular complexity index is 685. The molecular formula is C17H15FO3S. The van der Waals surface area contributed by atoms with Crippen molar-refractivity contribution in [2.45, 2.75) is 17.1 Å². The van der Waals surface area contributed by atoms with Gasteiger partial charge in [0.2, 0.25) is 0 Å². The standard InChI is InChI=1S/C17H15FO3S/c1-11(17(19)12-2-4-13(18)5-3-12)22-14-6-7-15-16(10-14)21-9-8-20-15/h2-7,10-11H,8-9H2,1H3/t11-/m1/s1. The maximum Gasteiger partial charge on any atom is 0.175 e. The highest BCUT2D eigenvalue weighted by molar-refractivity contribution is 8.00. The van der Waals surface area contributed by atoms with Gasteiger partial charge in [0.1, 0.15) is 19.0 Å². The first-order chi connectivity index (χ1) is 10.6. The zero-order valence-corrected chi connectivity index (χ0v) is 12.9. The van der Waals surface area contributed by atoms with Crippen molar-refractivity contribution in [1.29, 1.82) is 0 Å². The van der Waals surface area contributed by atoms with E-state index < -0.39 is 0 Å². The van der Waals surface area contributed by atoms with E-state index in [9.17, 15) is 9.18 Å². The number of carbonyl (C=O) groups excluding carboxylic acids is 1. The molecule has 3 rings (SSSR count). The number of carbonyl (C=O) groups is 1. The third-order valence-corrected chi connectivity index (χ3v) is 4.42. The van der Waals surface area contributed by atoms with Crippen LogP contribution >= 0.6 is 11.8 Å². The second-order valence-electron chi connectivity index (χ2n) is 4.94. The first-order valence-corrected chi connectivity index (χ1v) is 7.87. The molecule has 22 heavy (non-hydrogen) atoms. The largest absolute Gasteiger partial charge is 0.486 e. The minimum Gasteiger partial charge on any atom is -0.486 e. The fourth-order valence-corrected chi connectivity index (χ4v) is 3.18. The number of fused-ring (bicyclic) bond motifs is 1. The average Bonchev–Trinajstić information content (AvgIpc) is 2.55. The van der Waals surface area contributed by atoms with Gasteiger partial charge in [-0.15, -0.1) is 11.8 Å². The van der Waals surface area contributed by atoms with Gasteiger partial charge in [0, 0.05) is 10.5 Å². The van der Waals surface area contributed by atoms with E-state index in [0.29, 0.717) is 24.5 Å². The molecule has 0 bridgehead atoms. The van der Waals surface area contributed by atoms with Crippen molar-refractivity contribution in [3.63, 3.8) is 0 Å². The van der Waals surface area contributed by atoms with Crippen LogP contribution in [-0.4, -0.2) is 24.2 Å². The van der Waals surface area contributed by atoms with Crippen molar-refractivity contribution in [1.82, 2.24) is 0 Å². The van der Waals surface area contributed by atoms with Crippen molar-refractivity contribution >= 4 is 17.5 Å². The minimum absolute atomic E-state index is 0.0279. The lowest BCUT2D eigenvalue weighted by molar-refractivity contribution is 0.0994. The molecule has 1 heterocycles. The molecule has 0 spiro atoms. The van der Waals surface area contributed by atoms with Gasteiger partial charge in [-0.05, 0) is 49.4 Å². The number of benzene rings is 2. The molecule has 1 atom stereocenters. The van der Waals surface area contributed by atoms with Crippen LogP contribution in [0.2, 0.25) is 0 Å². The summed E-state index contributed by atoms with van der Waals surface area (Å²) in [5.41, 5.74) is 0.513. The molecule has 1 aliphatic heterocycles. The monoisotopic (exact) mass is 318 g/mol. The summed E-state index contributed by atoms with van der Waals surface area (Å²) in [7, 11) is 0. The van der Waals surface area contributed by atoms with E-state index >= 15 is 0 Å². The Hall–Kier alpha value is -2.01. The van der Waals surface area contributed by atoms with E-state index in [1.807, 2.05) is 25.1 Å². The highest BCUT2D eigenvalue weighted by atomic mass is 32.2. The van der Waals surface area contributed by atoms with Gasteiger partial charge in [0.15, 0.2) is 17.3 Å². The van der Waals surface area contributed by atoms with Crippen LogP contribution in [0, 0.1) is 5.82 Å². The Morgan fingerprint density at radius 1 is 1.09 bits per heavy atom. The van der Waals surface area contributed by atoms with Gasteiger partial charge in [0.25, 0.3) is 0 Å². The molecule has 0 amide bonds. The van der Waals surface area contributed by atoms with Crippen molar-refractivity contribution in [2.24, 2.45) is 0 Å². The van der Waals surface area contributed by atoms with E-state index in [1.165, 1.54) is 36.0 Å². The summed E-state index contributed by atoms with van der Waals surface area (Å²) in [6.07, 6.45) is 0. The molecule has 0 saturated carbocycles. The van der Waals surface area contributed by atoms with Crippen LogP contribution in [0.4, 0.5) is 4.39 Å². The van der Waals surface area contributed by atoms with Crippen LogP contribution < -0.4 is 9.47 Å². The molecule has 0 fully saturated rings. The first-order valence-electron chi connectivity index (χ1n) is 6.99. The van der Waals surface area contributed by atoms with Crippen LogP contribution in [0.3, 0.4) is 0 Å². The van der Waals surface area contributed by atoms with Crippen molar-refractivity contribution < 1.29 is 18.7 Å². The predicted octanol–water partition coefficient (Wildman–Crippen LogP) is 3.96. The lowest BCUT2D eigenvalue weighted by atomic mass is 10.1. The number of halogens is 1. The molecular weight excluding hydrogens is 303 g/mol. The molecule has 5 heteroatoms. The van der Waals surface area contributed by atoms with Gasteiger partial charge < -0.3 is 9.47 Å². The summed E-state index contributed by atoms with van der Waals surface area (Å²) in [6.45, 7) is 2.93. The molecule has 0 radical (unpaired) electrons. The molecule has 0 unspecified atom stereocenters. The van der Waals surface area contributed by atoms with Gasteiger partial charge in [-0.25, -0.2) is 4.39 Å².